The van der Waals surface area contributed by atoms with Gasteiger partial charge in [0, 0.05) is 35.0 Å². The highest BCUT2D eigenvalue weighted by atomic mass is 16.5. The molecule has 1 aliphatic heterocycles. The maximum Gasteiger partial charge on any atom is 0.299 e. The SMILES string of the molecule is O=C1C(=O)N(c2ccc(-c3ccon3)cc2)C(C2CCCCC2)/C1=C(/O)c1ccc(C(=O)NCCO)cc1. The van der Waals surface area contributed by atoms with Crippen molar-refractivity contribution in [2.45, 2.75) is 38.1 Å². The lowest BCUT2D eigenvalue weighted by molar-refractivity contribution is -0.132. The van der Waals surface area contributed by atoms with E-state index in [0.29, 0.717) is 22.5 Å². The number of Topliss-reactive ketones (excluding diaryl/α,β-unsaturated/α-hetero) is 1. The molecular formula is C29H29N3O6. The van der Waals surface area contributed by atoms with Gasteiger partial charge < -0.3 is 20.1 Å². The van der Waals surface area contributed by atoms with Crippen LogP contribution < -0.4 is 10.2 Å². The zero-order valence-electron chi connectivity index (χ0n) is 20.8. The van der Waals surface area contributed by atoms with Crippen LogP contribution in [-0.2, 0) is 9.59 Å². The number of amides is 2. The lowest BCUT2D eigenvalue weighted by atomic mass is 9.80. The van der Waals surface area contributed by atoms with E-state index in [9.17, 15) is 19.5 Å². The van der Waals surface area contributed by atoms with Crippen LogP contribution in [0.1, 0.15) is 48.0 Å². The van der Waals surface area contributed by atoms with Gasteiger partial charge in [-0.25, -0.2) is 0 Å². The Morgan fingerprint density at radius 2 is 1.66 bits per heavy atom. The summed E-state index contributed by atoms with van der Waals surface area (Å²) < 4.78 is 4.92. The number of anilines is 1. The number of carbonyl (C=O) groups is 3. The summed E-state index contributed by atoms with van der Waals surface area (Å²) in [4.78, 5) is 40.5. The number of ketones is 1. The fourth-order valence-electron chi connectivity index (χ4n) is 5.40. The number of hydrogen-bond donors (Lipinski definition) is 3. The molecule has 0 spiro atoms. The Morgan fingerprint density at radius 3 is 2.29 bits per heavy atom. The molecule has 1 aliphatic carbocycles. The van der Waals surface area contributed by atoms with Crippen molar-refractivity contribution in [3.8, 4) is 11.3 Å². The van der Waals surface area contributed by atoms with Crippen LogP contribution in [0.3, 0.4) is 0 Å². The summed E-state index contributed by atoms with van der Waals surface area (Å²) in [5.41, 5.74) is 2.85. The molecule has 0 bridgehead atoms. The first-order chi connectivity index (χ1) is 18.5. The minimum absolute atomic E-state index is 0.0232. The normalized spacial score (nSPS) is 19.6. The number of aliphatic hydroxyl groups excluding tert-OH is 2. The molecule has 2 heterocycles. The minimum atomic E-state index is -0.719. The average molecular weight is 516 g/mol. The van der Waals surface area contributed by atoms with E-state index < -0.39 is 17.7 Å². The zero-order valence-corrected chi connectivity index (χ0v) is 20.8. The van der Waals surface area contributed by atoms with Gasteiger partial charge in [0.2, 0.25) is 0 Å². The topological polar surface area (TPSA) is 133 Å². The third-order valence-corrected chi connectivity index (χ3v) is 7.28. The van der Waals surface area contributed by atoms with Crippen LogP contribution in [0.2, 0.25) is 0 Å². The molecule has 2 aromatic carbocycles. The lowest BCUT2D eigenvalue weighted by Crippen LogP contribution is -2.40. The summed E-state index contributed by atoms with van der Waals surface area (Å²) in [5.74, 6) is -1.97. The largest absolute Gasteiger partial charge is 0.507 e. The molecule has 1 atom stereocenters. The van der Waals surface area contributed by atoms with Crippen molar-refractivity contribution in [1.29, 1.82) is 0 Å². The van der Waals surface area contributed by atoms with Gasteiger partial charge in [-0.05, 0) is 43.0 Å². The molecule has 38 heavy (non-hydrogen) atoms. The molecule has 9 heteroatoms. The molecule has 2 amide bonds. The van der Waals surface area contributed by atoms with Crippen molar-refractivity contribution < 1.29 is 29.1 Å². The Labute approximate surface area is 219 Å². The predicted octanol–water partition coefficient (Wildman–Crippen LogP) is 3.90. The number of nitrogens with one attached hydrogen (secondary N) is 1. The molecule has 196 valence electrons. The first-order valence-electron chi connectivity index (χ1n) is 12.8. The predicted molar refractivity (Wildman–Crippen MR) is 140 cm³/mol. The summed E-state index contributed by atoms with van der Waals surface area (Å²) in [6.45, 7) is -0.0418. The van der Waals surface area contributed by atoms with Crippen molar-refractivity contribution in [2.24, 2.45) is 5.92 Å². The second kappa shape index (κ2) is 11.0. The second-order valence-corrected chi connectivity index (χ2v) is 9.60. The third kappa shape index (κ3) is 4.84. The zero-order chi connectivity index (χ0) is 26.6. The molecule has 5 rings (SSSR count). The van der Waals surface area contributed by atoms with Crippen LogP contribution in [0, 0.1) is 5.92 Å². The molecule has 3 N–H and O–H groups in total. The summed E-state index contributed by atoms with van der Waals surface area (Å²) in [5, 5.41) is 26.8. The fraction of sp³-hybridized carbons (Fsp3) is 0.310. The first kappa shape index (κ1) is 25.4. The Morgan fingerprint density at radius 1 is 0.974 bits per heavy atom. The molecule has 2 fully saturated rings. The fourth-order valence-corrected chi connectivity index (χ4v) is 5.40. The van der Waals surface area contributed by atoms with Crippen molar-refractivity contribution in [3.05, 3.63) is 77.6 Å². The molecule has 1 saturated heterocycles. The number of hydrogen-bond acceptors (Lipinski definition) is 7. The van der Waals surface area contributed by atoms with Gasteiger partial charge in [0.05, 0.1) is 18.2 Å². The summed E-state index contributed by atoms with van der Waals surface area (Å²) in [6, 6.07) is 14.5. The molecule has 1 unspecified atom stereocenters. The van der Waals surface area contributed by atoms with Crippen LogP contribution in [0.5, 0.6) is 0 Å². The summed E-state index contributed by atoms with van der Waals surface area (Å²) in [6.07, 6.45) is 6.27. The van der Waals surface area contributed by atoms with Gasteiger partial charge in [0.1, 0.15) is 17.7 Å². The van der Waals surface area contributed by atoms with Crippen LogP contribution in [0.15, 0.2) is 71.0 Å². The number of aromatic nitrogens is 1. The monoisotopic (exact) mass is 515 g/mol. The van der Waals surface area contributed by atoms with Crippen LogP contribution in [0.25, 0.3) is 17.0 Å². The molecule has 9 nitrogen and oxygen atoms in total. The lowest BCUT2D eigenvalue weighted by Gasteiger charge is -2.34. The van der Waals surface area contributed by atoms with Crippen molar-refractivity contribution in [1.82, 2.24) is 10.5 Å². The Bertz CT molecular complexity index is 1340. The molecular weight excluding hydrogens is 486 g/mol. The van der Waals surface area contributed by atoms with E-state index in [1.54, 1.807) is 30.3 Å². The average Bonchev–Trinajstić information content (AvgIpc) is 3.59. The maximum absolute atomic E-state index is 13.4. The maximum atomic E-state index is 13.4. The van der Waals surface area contributed by atoms with Gasteiger partial charge in [-0.2, -0.15) is 0 Å². The van der Waals surface area contributed by atoms with Gasteiger partial charge in [-0.15, -0.1) is 0 Å². The van der Waals surface area contributed by atoms with E-state index in [4.69, 9.17) is 9.63 Å². The Hall–Kier alpha value is -4.24. The number of aliphatic hydroxyl groups is 2. The molecule has 3 aromatic rings. The Kier molecular flexibility index (Phi) is 7.37. The molecule has 2 aliphatic rings. The minimum Gasteiger partial charge on any atom is -0.507 e. The summed E-state index contributed by atoms with van der Waals surface area (Å²) >= 11 is 0. The quantitative estimate of drug-likeness (QED) is 0.247. The number of carbonyl (C=O) groups excluding carboxylic acids is 3. The van der Waals surface area contributed by atoms with Gasteiger partial charge >= 0.3 is 0 Å². The van der Waals surface area contributed by atoms with E-state index in [0.717, 1.165) is 37.7 Å². The van der Waals surface area contributed by atoms with Crippen molar-refractivity contribution >= 4 is 29.0 Å². The molecule has 1 aromatic heterocycles. The highest BCUT2D eigenvalue weighted by Crippen LogP contribution is 2.41. The van der Waals surface area contributed by atoms with Crippen LogP contribution in [-0.4, -0.2) is 52.2 Å². The van der Waals surface area contributed by atoms with E-state index >= 15 is 0 Å². The van der Waals surface area contributed by atoms with Gasteiger partial charge in [-0.1, -0.05) is 48.7 Å². The Balaban J connectivity index is 1.52. The van der Waals surface area contributed by atoms with Crippen LogP contribution in [0.4, 0.5) is 5.69 Å². The smallest absolute Gasteiger partial charge is 0.299 e. The molecule has 0 radical (unpaired) electrons. The standard InChI is InChI=1S/C29H29N3O6/c33-16-15-30-28(36)21-8-6-20(7-9-21)26(34)24-25(19-4-2-1-3-5-19)32(29(37)27(24)35)22-12-10-18(11-13-22)23-14-17-38-31-23/h6-14,17,19,25,33-34H,1-5,15-16H2,(H,30,36)/b26-24-. The van der Waals surface area contributed by atoms with Gasteiger partial charge in [0.15, 0.2) is 0 Å². The van der Waals surface area contributed by atoms with Crippen LogP contribution >= 0.6 is 0 Å². The van der Waals surface area contributed by atoms with Crippen molar-refractivity contribution in [2.75, 3.05) is 18.1 Å². The van der Waals surface area contributed by atoms with E-state index in [1.807, 2.05) is 12.1 Å². The van der Waals surface area contributed by atoms with E-state index in [1.165, 1.54) is 23.3 Å². The highest BCUT2D eigenvalue weighted by Gasteiger charge is 2.49. The van der Waals surface area contributed by atoms with Gasteiger partial charge in [-0.3, -0.25) is 19.3 Å². The third-order valence-electron chi connectivity index (χ3n) is 7.28. The summed E-state index contributed by atoms with van der Waals surface area (Å²) in [7, 11) is 0. The van der Waals surface area contributed by atoms with Gasteiger partial charge in [0.25, 0.3) is 17.6 Å². The van der Waals surface area contributed by atoms with E-state index in [2.05, 4.69) is 10.5 Å². The molecule has 1 saturated carbocycles. The second-order valence-electron chi connectivity index (χ2n) is 9.60. The number of rotatable bonds is 7. The highest BCUT2D eigenvalue weighted by molar-refractivity contribution is 6.51. The number of benzene rings is 2. The number of nitrogens with zero attached hydrogens (tertiary/aromatic N) is 2. The first-order valence-corrected chi connectivity index (χ1v) is 12.8. The van der Waals surface area contributed by atoms with Crippen molar-refractivity contribution in [3.63, 3.8) is 0 Å². The van der Waals surface area contributed by atoms with E-state index in [-0.39, 0.29) is 36.3 Å².